The number of fused-ring (bicyclic) bond motifs is 5. The first-order valence-corrected chi connectivity index (χ1v) is 6.85. The highest BCUT2D eigenvalue weighted by atomic mass is 16.7. The maximum atomic E-state index is 11.2. The first-order valence-electron chi connectivity index (χ1n) is 6.85. The Hall–Kier alpha value is -1.20. The molecule has 0 saturated carbocycles. The number of hydrogen-bond donors (Lipinski definition) is 1. The molecule has 0 aromatic rings. The Balaban J connectivity index is 1.46. The molecule has 104 valence electrons. The van der Waals surface area contributed by atoms with Crippen molar-refractivity contribution in [3.8, 4) is 0 Å². The zero-order valence-corrected chi connectivity index (χ0v) is 10.6. The standard InChI is InChI=1S/C14H18O5/c15-7-9-8(5-3-1-2-4-6-10(16)17)11-13-14(19-13)12(9)18-11/h1,3,7-9,11-14H,2,4-6H2,(H,16,17)/t8?,9-,11-,12+,13+,14-/m0/s1. The minimum absolute atomic E-state index is 0.0297. The minimum atomic E-state index is -0.757. The SMILES string of the molecule is O=C[C@H]1C(CC=CCCCC(=O)O)[C@@H]2O[C@H]1[C@@H]1O[C@@H]12. The van der Waals surface area contributed by atoms with Crippen LogP contribution in [0, 0.1) is 11.8 Å². The van der Waals surface area contributed by atoms with Crippen LogP contribution in [-0.4, -0.2) is 41.8 Å². The van der Waals surface area contributed by atoms with Gasteiger partial charge in [-0.3, -0.25) is 4.79 Å². The molecular weight excluding hydrogens is 248 g/mol. The van der Waals surface area contributed by atoms with Crippen LogP contribution in [0.5, 0.6) is 0 Å². The number of rotatable bonds is 7. The molecule has 3 rings (SSSR count). The van der Waals surface area contributed by atoms with Crippen LogP contribution in [-0.2, 0) is 19.1 Å². The van der Waals surface area contributed by atoms with Gasteiger partial charge in [-0.15, -0.1) is 0 Å². The molecule has 0 spiro atoms. The van der Waals surface area contributed by atoms with Crippen LogP contribution in [0.4, 0.5) is 0 Å². The number of hydrogen-bond acceptors (Lipinski definition) is 4. The second-order valence-electron chi connectivity index (χ2n) is 5.50. The van der Waals surface area contributed by atoms with Crippen molar-refractivity contribution in [2.45, 2.75) is 50.1 Å². The molecule has 2 bridgehead atoms. The van der Waals surface area contributed by atoms with Gasteiger partial charge in [0.15, 0.2) is 0 Å². The summed E-state index contributed by atoms with van der Waals surface area (Å²) in [5.41, 5.74) is 0. The molecule has 3 saturated heterocycles. The maximum Gasteiger partial charge on any atom is 0.303 e. The first kappa shape index (κ1) is 12.8. The fourth-order valence-electron chi connectivity index (χ4n) is 3.33. The van der Waals surface area contributed by atoms with Crippen molar-refractivity contribution < 1.29 is 24.2 Å². The lowest BCUT2D eigenvalue weighted by Crippen LogP contribution is -2.33. The Bertz CT molecular complexity index is 405. The molecular formula is C14H18O5. The van der Waals surface area contributed by atoms with Crippen LogP contribution in [0.15, 0.2) is 12.2 Å². The van der Waals surface area contributed by atoms with E-state index in [1.807, 2.05) is 12.2 Å². The number of carboxylic acids is 1. The van der Waals surface area contributed by atoms with Crippen LogP contribution >= 0.6 is 0 Å². The van der Waals surface area contributed by atoms with Crippen LogP contribution in [0.25, 0.3) is 0 Å². The molecule has 0 aromatic carbocycles. The second kappa shape index (κ2) is 5.06. The van der Waals surface area contributed by atoms with E-state index in [2.05, 4.69) is 0 Å². The molecule has 3 heterocycles. The van der Waals surface area contributed by atoms with Gasteiger partial charge in [-0.1, -0.05) is 12.2 Å². The highest BCUT2D eigenvalue weighted by Crippen LogP contribution is 2.54. The molecule has 0 radical (unpaired) electrons. The van der Waals surface area contributed by atoms with Crippen LogP contribution in [0.3, 0.4) is 0 Å². The molecule has 3 aliphatic heterocycles. The van der Waals surface area contributed by atoms with Gasteiger partial charge in [0, 0.05) is 18.3 Å². The summed E-state index contributed by atoms with van der Waals surface area (Å²) in [6, 6.07) is 0. The first-order chi connectivity index (χ1) is 9.22. The number of allylic oxidation sites excluding steroid dienone is 2. The Labute approximate surface area is 111 Å². The number of aldehydes is 1. The molecule has 0 amide bonds. The summed E-state index contributed by atoms with van der Waals surface area (Å²) in [6.07, 6.45) is 7.92. The number of aliphatic carboxylic acids is 1. The van der Waals surface area contributed by atoms with Crippen molar-refractivity contribution in [1.29, 1.82) is 0 Å². The van der Waals surface area contributed by atoms with E-state index in [9.17, 15) is 9.59 Å². The van der Waals surface area contributed by atoms with Crippen molar-refractivity contribution in [2.24, 2.45) is 11.8 Å². The summed E-state index contributed by atoms with van der Waals surface area (Å²) in [4.78, 5) is 21.5. The molecule has 6 atom stereocenters. The Morgan fingerprint density at radius 3 is 2.58 bits per heavy atom. The fraction of sp³-hybridized carbons (Fsp3) is 0.714. The summed E-state index contributed by atoms with van der Waals surface area (Å²) in [5.74, 6) is -0.577. The predicted molar refractivity (Wildman–Crippen MR) is 65.6 cm³/mol. The number of unbranched alkanes of at least 4 members (excludes halogenated alkanes) is 1. The van der Waals surface area contributed by atoms with E-state index < -0.39 is 5.97 Å². The van der Waals surface area contributed by atoms with Crippen molar-refractivity contribution in [1.82, 2.24) is 0 Å². The molecule has 3 fully saturated rings. The van der Waals surface area contributed by atoms with E-state index in [0.29, 0.717) is 6.42 Å². The van der Waals surface area contributed by atoms with Crippen LogP contribution in [0.2, 0.25) is 0 Å². The topological polar surface area (TPSA) is 76.1 Å². The monoisotopic (exact) mass is 266 g/mol. The van der Waals surface area contributed by atoms with E-state index in [0.717, 1.165) is 19.1 Å². The Kier molecular flexibility index (Phi) is 3.41. The van der Waals surface area contributed by atoms with Gasteiger partial charge in [0.05, 0.1) is 12.2 Å². The third kappa shape index (κ3) is 2.32. The molecule has 5 heteroatoms. The smallest absolute Gasteiger partial charge is 0.303 e. The van der Waals surface area contributed by atoms with Crippen molar-refractivity contribution >= 4 is 12.3 Å². The molecule has 1 N–H and O–H groups in total. The zero-order chi connectivity index (χ0) is 13.4. The van der Waals surface area contributed by atoms with E-state index in [1.165, 1.54) is 0 Å². The van der Waals surface area contributed by atoms with Gasteiger partial charge in [-0.05, 0) is 19.3 Å². The van der Waals surface area contributed by atoms with E-state index >= 15 is 0 Å². The summed E-state index contributed by atoms with van der Waals surface area (Å²) < 4.78 is 11.3. The zero-order valence-electron chi connectivity index (χ0n) is 10.6. The van der Waals surface area contributed by atoms with Gasteiger partial charge in [0.25, 0.3) is 0 Å². The van der Waals surface area contributed by atoms with E-state index in [-0.39, 0.29) is 42.7 Å². The van der Waals surface area contributed by atoms with E-state index in [4.69, 9.17) is 14.6 Å². The largest absolute Gasteiger partial charge is 0.481 e. The maximum absolute atomic E-state index is 11.2. The van der Waals surface area contributed by atoms with Crippen molar-refractivity contribution in [3.63, 3.8) is 0 Å². The number of epoxide rings is 1. The van der Waals surface area contributed by atoms with Gasteiger partial charge in [0.2, 0.25) is 0 Å². The lowest BCUT2D eigenvalue weighted by Gasteiger charge is -2.19. The van der Waals surface area contributed by atoms with Crippen LogP contribution < -0.4 is 0 Å². The third-order valence-corrected chi connectivity index (χ3v) is 4.31. The summed E-state index contributed by atoms with van der Waals surface area (Å²) in [7, 11) is 0. The van der Waals surface area contributed by atoms with Gasteiger partial charge in [0.1, 0.15) is 18.5 Å². The molecule has 0 aromatic heterocycles. The average molecular weight is 266 g/mol. The summed E-state index contributed by atoms with van der Waals surface area (Å²) in [5, 5.41) is 8.52. The van der Waals surface area contributed by atoms with E-state index in [1.54, 1.807) is 0 Å². The highest BCUT2D eigenvalue weighted by molar-refractivity contribution is 5.66. The lowest BCUT2D eigenvalue weighted by molar-refractivity contribution is -0.137. The van der Waals surface area contributed by atoms with Gasteiger partial charge in [-0.2, -0.15) is 0 Å². The average Bonchev–Trinajstić information content (AvgIpc) is 3.01. The minimum Gasteiger partial charge on any atom is -0.481 e. The highest BCUT2D eigenvalue weighted by Gasteiger charge is 2.68. The van der Waals surface area contributed by atoms with Crippen molar-refractivity contribution in [2.75, 3.05) is 0 Å². The Morgan fingerprint density at radius 1 is 1.11 bits per heavy atom. The molecule has 5 nitrogen and oxygen atoms in total. The number of carbonyl (C=O) groups is 2. The molecule has 0 aliphatic carbocycles. The number of ether oxygens (including phenoxy) is 2. The quantitative estimate of drug-likeness (QED) is 0.324. The third-order valence-electron chi connectivity index (χ3n) is 4.31. The normalized spacial score (nSPS) is 42.5. The summed E-state index contributed by atoms with van der Waals surface area (Å²) >= 11 is 0. The van der Waals surface area contributed by atoms with Crippen molar-refractivity contribution in [3.05, 3.63) is 12.2 Å². The predicted octanol–water partition coefficient (Wildman–Crippen LogP) is 1.17. The number of carboxylic acid groups (broad SMARTS) is 1. The molecule has 1 unspecified atom stereocenters. The Morgan fingerprint density at radius 2 is 1.84 bits per heavy atom. The van der Waals surface area contributed by atoms with Gasteiger partial charge >= 0.3 is 5.97 Å². The molecule has 19 heavy (non-hydrogen) atoms. The fourth-order valence-corrected chi connectivity index (χ4v) is 3.33. The lowest BCUT2D eigenvalue weighted by atomic mass is 9.78. The molecule has 3 aliphatic rings. The number of carbonyl (C=O) groups excluding carboxylic acids is 1. The van der Waals surface area contributed by atoms with Gasteiger partial charge in [-0.25, -0.2) is 0 Å². The second-order valence-corrected chi connectivity index (χ2v) is 5.50. The summed E-state index contributed by atoms with van der Waals surface area (Å²) in [6.45, 7) is 0. The van der Waals surface area contributed by atoms with Gasteiger partial charge < -0.3 is 19.4 Å². The van der Waals surface area contributed by atoms with Crippen LogP contribution in [0.1, 0.15) is 25.7 Å².